The van der Waals surface area contributed by atoms with Gasteiger partial charge < -0.3 is 4.74 Å². The molecule has 7 heteroatoms. The molecule has 1 aliphatic heterocycles. The molecule has 0 aromatic rings. The van der Waals surface area contributed by atoms with Crippen LogP contribution in [-0.2, 0) is 14.9 Å². The Morgan fingerprint density at radius 3 is 2.41 bits per heavy atom. The molecule has 0 amide bonds. The highest BCUT2D eigenvalue weighted by molar-refractivity contribution is 7.86. The van der Waals surface area contributed by atoms with Crippen molar-refractivity contribution in [1.82, 2.24) is 8.61 Å². The molecule has 1 heterocycles. The fraction of sp³-hybridized carbons (Fsp3) is 1.00. The van der Waals surface area contributed by atoms with Crippen LogP contribution in [0.3, 0.4) is 0 Å². The molecule has 1 saturated heterocycles. The molecule has 0 bridgehead atoms. The maximum Gasteiger partial charge on any atom is 0.282 e. The minimum Gasteiger partial charge on any atom is -0.383 e. The van der Waals surface area contributed by atoms with E-state index in [1.54, 1.807) is 11.4 Å². The fourth-order valence-electron chi connectivity index (χ4n) is 1.89. The monoisotopic (exact) mass is 284 g/mol. The van der Waals surface area contributed by atoms with Crippen molar-refractivity contribution in [3.63, 3.8) is 0 Å². The van der Waals surface area contributed by atoms with E-state index in [1.165, 1.54) is 4.31 Å². The Morgan fingerprint density at radius 1 is 1.24 bits per heavy atom. The van der Waals surface area contributed by atoms with E-state index in [4.69, 9.17) is 16.3 Å². The molecule has 1 fully saturated rings. The van der Waals surface area contributed by atoms with Gasteiger partial charge in [-0.2, -0.15) is 17.0 Å². The molecule has 1 aliphatic rings. The second-order valence-corrected chi connectivity index (χ2v) is 6.35. The Bertz CT molecular complexity index is 305. The maximum absolute atomic E-state index is 12.3. The summed E-state index contributed by atoms with van der Waals surface area (Å²) in [5.74, 6) is 0.302. The van der Waals surface area contributed by atoms with Crippen LogP contribution in [0.25, 0.3) is 0 Å². The highest BCUT2D eigenvalue weighted by atomic mass is 35.5. The van der Waals surface area contributed by atoms with E-state index in [-0.39, 0.29) is 0 Å². The van der Waals surface area contributed by atoms with Crippen LogP contribution in [-0.4, -0.2) is 62.8 Å². The standard InChI is InChI=1S/C10H21ClN2O3S/c1-16-10-9-13(8-5-11)17(14,15)12-6-3-2-4-7-12/h2-10H2,1H3. The number of ether oxygens (including phenoxy) is 1. The van der Waals surface area contributed by atoms with Crippen molar-refractivity contribution in [3.05, 3.63) is 0 Å². The van der Waals surface area contributed by atoms with Crippen molar-refractivity contribution in [2.24, 2.45) is 0 Å². The van der Waals surface area contributed by atoms with E-state index in [0.717, 1.165) is 19.3 Å². The van der Waals surface area contributed by atoms with E-state index < -0.39 is 10.2 Å². The molecule has 0 aromatic carbocycles. The molecular weight excluding hydrogens is 264 g/mol. The van der Waals surface area contributed by atoms with E-state index in [2.05, 4.69) is 0 Å². The number of nitrogens with zero attached hydrogens (tertiary/aromatic N) is 2. The van der Waals surface area contributed by atoms with Crippen LogP contribution < -0.4 is 0 Å². The quantitative estimate of drug-likeness (QED) is 0.653. The van der Waals surface area contributed by atoms with Gasteiger partial charge in [-0.1, -0.05) is 6.42 Å². The second-order valence-electron chi connectivity index (χ2n) is 4.05. The predicted octanol–water partition coefficient (Wildman–Crippen LogP) is 0.904. The van der Waals surface area contributed by atoms with Crippen LogP contribution in [0.5, 0.6) is 0 Å². The molecule has 1 rings (SSSR count). The first-order valence-electron chi connectivity index (χ1n) is 5.93. The van der Waals surface area contributed by atoms with Crippen molar-refractivity contribution in [2.45, 2.75) is 19.3 Å². The third-order valence-electron chi connectivity index (χ3n) is 2.85. The Balaban J connectivity index is 2.67. The smallest absolute Gasteiger partial charge is 0.282 e. The lowest BCUT2D eigenvalue weighted by Gasteiger charge is -2.31. The SMILES string of the molecule is COCCN(CCCl)S(=O)(=O)N1CCCCC1. The first-order valence-corrected chi connectivity index (χ1v) is 7.86. The van der Waals surface area contributed by atoms with Gasteiger partial charge in [0.1, 0.15) is 0 Å². The highest BCUT2D eigenvalue weighted by Crippen LogP contribution is 2.16. The number of alkyl halides is 1. The number of hydrogen-bond donors (Lipinski definition) is 0. The number of halogens is 1. The summed E-state index contributed by atoms with van der Waals surface area (Å²) in [4.78, 5) is 0. The van der Waals surface area contributed by atoms with E-state index in [1.807, 2.05) is 0 Å². The zero-order valence-electron chi connectivity index (χ0n) is 10.3. The van der Waals surface area contributed by atoms with Crippen LogP contribution >= 0.6 is 11.6 Å². The summed E-state index contributed by atoms with van der Waals surface area (Å²) in [7, 11) is -1.79. The third kappa shape index (κ3) is 4.37. The summed E-state index contributed by atoms with van der Waals surface area (Å²) in [5.41, 5.74) is 0. The van der Waals surface area contributed by atoms with Crippen molar-refractivity contribution in [1.29, 1.82) is 0 Å². The highest BCUT2D eigenvalue weighted by Gasteiger charge is 2.29. The van der Waals surface area contributed by atoms with Gasteiger partial charge >= 0.3 is 0 Å². The second kappa shape index (κ2) is 7.53. The summed E-state index contributed by atoms with van der Waals surface area (Å²) >= 11 is 5.65. The molecule has 0 N–H and O–H groups in total. The maximum atomic E-state index is 12.3. The van der Waals surface area contributed by atoms with Gasteiger partial charge in [0, 0.05) is 39.2 Å². The minimum absolute atomic E-state index is 0.302. The van der Waals surface area contributed by atoms with Gasteiger partial charge in [-0.05, 0) is 12.8 Å². The van der Waals surface area contributed by atoms with Crippen LogP contribution in [0, 0.1) is 0 Å². The van der Waals surface area contributed by atoms with Gasteiger partial charge in [0.05, 0.1) is 6.61 Å². The average Bonchev–Trinajstić information content (AvgIpc) is 2.35. The van der Waals surface area contributed by atoms with Crippen LogP contribution in [0.15, 0.2) is 0 Å². The van der Waals surface area contributed by atoms with Gasteiger partial charge in [-0.3, -0.25) is 0 Å². The third-order valence-corrected chi connectivity index (χ3v) is 5.05. The summed E-state index contributed by atoms with van der Waals surface area (Å²) in [6, 6.07) is 0. The Morgan fingerprint density at radius 2 is 1.88 bits per heavy atom. The molecule has 0 aromatic heterocycles. The lowest BCUT2D eigenvalue weighted by Crippen LogP contribution is -2.47. The van der Waals surface area contributed by atoms with Crippen molar-refractivity contribution in [2.75, 3.05) is 45.8 Å². The van der Waals surface area contributed by atoms with Gasteiger partial charge in [0.2, 0.25) is 0 Å². The molecule has 0 saturated carbocycles. The number of piperidine rings is 1. The molecule has 0 spiro atoms. The number of hydrogen-bond acceptors (Lipinski definition) is 3. The summed E-state index contributed by atoms with van der Waals surface area (Å²) in [6.45, 7) is 2.33. The van der Waals surface area contributed by atoms with Crippen molar-refractivity contribution in [3.8, 4) is 0 Å². The first-order chi connectivity index (χ1) is 8.12. The zero-order valence-corrected chi connectivity index (χ0v) is 11.8. The lowest BCUT2D eigenvalue weighted by atomic mass is 10.2. The molecule has 0 radical (unpaired) electrons. The normalized spacial score (nSPS) is 18.8. The van der Waals surface area contributed by atoms with Gasteiger partial charge in [-0.25, -0.2) is 0 Å². The van der Waals surface area contributed by atoms with Gasteiger partial charge in [0.25, 0.3) is 10.2 Å². The van der Waals surface area contributed by atoms with E-state index >= 15 is 0 Å². The minimum atomic E-state index is -3.36. The lowest BCUT2D eigenvalue weighted by molar-refractivity contribution is 0.176. The molecule has 0 unspecified atom stereocenters. The number of rotatable bonds is 7. The molecule has 102 valence electrons. The Kier molecular flexibility index (Phi) is 6.72. The molecule has 17 heavy (non-hydrogen) atoms. The van der Waals surface area contributed by atoms with Crippen molar-refractivity contribution < 1.29 is 13.2 Å². The average molecular weight is 285 g/mol. The zero-order chi connectivity index (χ0) is 12.7. The summed E-state index contributed by atoms with van der Waals surface area (Å²) in [6.07, 6.45) is 3.00. The molecular formula is C10H21ClN2O3S. The number of methoxy groups -OCH3 is 1. The fourth-order valence-corrected chi connectivity index (χ4v) is 3.87. The van der Waals surface area contributed by atoms with Gasteiger partial charge in [-0.15, -0.1) is 11.6 Å². The van der Waals surface area contributed by atoms with Crippen molar-refractivity contribution >= 4 is 21.8 Å². The summed E-state index contributed by atoms with van der Waals surface area (Å²) < 4.78 is 32.5. The van der Waals surface area contributed by atoms with E-state index in [9.17, 15) is 8.42 Å². The predicted molar refractivity (Wildman–Crippen MR) is 68.5 cm³/mol. The summed E-state index contributed by atoms with van der Waals surface area (Å²) in [5, 5.41) is 0. The molecule has 5 nitrogen and oxygen atoms in total. The first kappa shape index (κ1) is 15.2. The topological polar surface area (TPSA) is 49.9 Å². The van der Waals surface area contributed by atoms with E-state index in [0.29, 0.717) is 38.7 Å². The molecule has 0 atom stereocenters. The Labute approximate surface area is 109 Å². The van der Waals surface area contributed by atoms with Crippen LogP contribution in [0.4, 0.5) is 0 Å². The Hall–Kier alpha value is 0.120. The largest absolute Gasteiger partial charge is 0.383 e. The van der Waals surface area contributed by atoms with Gasteiger partial charge in [0.15, 0.2) is 0 Å². The van der Waals surface area contributed by atoms with Crippen LogP contribution in [0.1, 0.15) is 19.3 Å². The molecule has 0 aliphatic carbocycles. The van der Waals surface area contributed by atoms with Crippen LogP contribution in [0.2, 0.25) is 0 Å².